The molecule has 1 amide bonds. The fourth-order valence-corrected chi connectivity index (χ4v) is 4.18. The third-order valence-electron chi connectivity index (χ3n) is 5.06. The van der Waals surface area contributed by atoms with Crippen LogP contribution in [0.15, 0.2) is 16.8 Å². The van der Waals surface area contributed by atoms with Gasteiger partial charge >= 0.3 is 0 Å². The Bertz CT molecular complexity index is 829. The molecule has 0 saturated carbocycles. The molecule has 27 heavy (non-hydrogen) atoms. The number of anilines is 1. The molecule has 3 heterocycles. The van der Waals surface area contributed by atoms with Crippen LogP contribution in [0.3, 0.4) is 0 Å². The maximum absolute atomic E-state index is 12.6. The molecule has 1 atom stereocenters. The molecule has 1 aliphatic heterocycles. The number of carbonyl (C=O) groups is 1. The van der Waals surface area contributed by atoms with Crippen molar-refractivity contribution in [3.05, 3.63) is 39.2 Å². The van der Waals surface area contributed by atoms with E-state index in [4.69, 9.17) is 4.74 Å². The van der Waals surface area contributed by atoms with Crippen LogP contribution < -0.4 is 5.32 Å². The van der Waals surface area contributed by atoms with Gasteiger partial charge in [-0.25, -0.2) is 0 Å². The summed E-state index contributed by atoms with van der Waals surface area (Å²) < 4.78 is 7.78. The van der Waals surface area contributed by atoms with E-state index >= 15 is 0 Å². The Balaban J connectivity index is 1.73. The first kappa shape index (κ1) is 19.6. The quantitative estimate of drug-likeness (QED) is 0.793. The summed E-state index contributed by atoms with van der Waals surface area (Å²) in [7, 11) is 1.92. The van der Waals surface area contributed by atoms with Gasteiger partial charge in [-0.2, -0.15) is 16.6 Å². The van der Waals surface area contributed by atoms with Crippen molar-refractivity contribution in [2.75, 3.05) is 25.5 Å². The number of rotatable bonds is 7. The highest BCUT2D eigenvalue weighted by Crippen LogP contribution is 2.28. The molecule has 1 fully saturated rings. The van der Waals surface area contributed by atoms with Gasteiger partial charge in [0.2, 0.25) is 5.91 Å². The van der Waals surface area contributed by atoms with Gasteiger partial charge in [0.15, 0.2) is 0 Å². The van der Waals surface area contributed by atoms with Gasteiger partial charge in [0, 0.05) is 18.8 Å². The minimum absolute atomic E-state index is 0.115. The molecule has 0 spiro atoms. The van der Waals surface area contributed by atoms with Crippen LogP contribution in [-0.4, -0.2) is 41.7 Å². The largest absolute Gasteiger partial charge is 0.376 e. The topological polar surface area (TPSA) is 70.3 Å². The number of hydrogen-bond donors (Lipinski definition) is 1. The molecule has 144 valence electrons. The van der Waals surface area contributed by atoms with Crippen molar-refractivity contribution >= 4 is 23.1 Å². The van der Waals surface area contributed by atoms with E-state index in [-0.39, 0.29) is 18.6 Å². The number of nitrogens with zero attached hydrogens (tertiary/aromatic N) is 3. The Hall–Kier alpha value is -2.14. The molecule has 7 heteroatoms. The number of amides is 1. The maximum atomic E-state index is 12.6. The molecule has 0 bridgehead atoms. The Labute approximate surface area is 164 Å². The second kappa shape index (κ2) is 8.70. The van der Waals surface area contributed by atoms with Gasteiger partial charge in [0.1, 0.15) is 11.9 Å². The molecule has 0 aromatic carbocycles. The molecular formula is C20H26N4O2S. The number of nitriles is 1. The minimum Gasteiger partial charge on any atom is -0.376 e. The summed E-state index contributed by atoms with van der Waals surface area (Å²) in [5.74, 6) is 0.479. The first-order chi connectivity index (χ1) is 13.0. The summed E-state index contributed by atoms with van der Waals surface area (Å²) in [6.07, 6.45) is 2.21. The molecule has 1 N–H and O–H groups in total. The highest BCUT2D eigenvalue weighted by molar-refractivity contribution is 7.07. The van der Waals surface area contributed by atoms with Crippen molar-refractivity contribution in [2.24, 2.45) is 0 Å². The van der Waals surface area contributed by atoms with Crippen molar-refractivity contribution in [1.82, 2.24) is 9.47 Å². The van der Waals surface area contributed by atoms with Gasteiger partial charge in [-0.1, -0.05) is 0 Å². The smallest absolute Gasteiger partial charge is 0.239 e. The molecule has 1 saturated heterocycles. The average Bonchev–Trinajstić information content (AvgIpc) is 3.35. The van der Waals surface area contributed by atoms with Crippen LogP contribution in [0.2, 0.25) is 0 Å². The monoisotopic (exact) mass is 386 g/mol. The fourth-order valence-electron chi connectivity index (χ4n) is 3.52. The summed E-state index contributed by atoms with van der Waals surface area (Å²) in [4.78, 5) is 14.6. The number of carbonyl (C=O) groups excluding carboxylic acids is 1. The number of likely N-dealkylation sites (N-methyl/N-ethyl adjacent to an activating group) is 1. The molecule has 0 aliphatic carbocycles. The van der Waals surface area contributed by atoms with Gasteiger partial charge in [0.25, 0.3) is 0 Å². The van der Waals surface area contributed by atoms with Crippen molar-refractivity contribution in [3.8, 4) is 6.07 Å². The normalized spacial score (nSPS) is 16.6. The summed E-state index contributed by atoms with van der Waals surface area (Å²) >= 11 is 1.65. The van der Waals surface area contributed by atoms with E-state index in [1.54, 1.807) is 11.3 Å². The molecule has 0 unspecified atom stereocenters. The maximum Gasteiger partial charge on any atom is 0.239 e. The van der Waals surface area contributed by atoms with E-state index in [0.717, 1.165) is 37.3 Å². The zero-order valence-electron chi connectivity index (χ0n) is 16.1. The zero-order chi connectivity index (χ0) is 19.4. The van der Waals surface area contributed by atoms with Gasteiger partial charge in [0.05, 0.1) is 24.8 Å². The SMILES string of the molecule is Cc1c(C#N)c(NC(=O)CN(C)Cc2ccsc2)n(C[C@H]2CCCO2)c1C. The lowest BCUT2D eigenvalue weighted by atomic mass is 10.2. The summed E-state index contributed by atoms with van der Waals surface area (Å²) in [6, 6.07) is 4.32. The van der Waals surface area contributed by atoms with Crippen LogP contribution in [0, 0.1) is 25.2 Å². The Morgan fingerprint density at radius 1 is 1.52 bits per heavy atom. The second-order valence-corrected chi connectivity index (χ2v) is 7.92. The number of aromatic nitrogens is 1. The van der Waals surface area contributed by atoms with Crippen molar-refractivity contribution in [2.45, 2.75) is 45.9 Å². The number of ether oxygens (including phenoxy) is 1. The number of thiophene rings is 1. The van der Waals surface area contributed by atoms with Crippen LogP contribution in [0.4, 0.5) is 5.82 Å². The van der Waals surface area contributed by atoms with Gasteiger partial charge in [-0.05, 0) is 61.7 Å². The van der Waals surface area contributed by atoms with E-state index in [9.17, 15) is 10.1 Å². The third-order valence-corrected chi connectivity index (χ3v) is 5.79. The summed E-state index contributed by atoms with van der Waals surface area (Å²) in [5.41, 5.74) is 3.65. The Morgan fingerprint density at radius 2 is 2.33 bits per heavy atom. The van der Waals surface area contributed by atoms with E-state index in [1.807, 2.05) is 35.7 Å². The predicted molar refractivity (Wildman–Crippen MR) is 107 cm³/mol. The molecule has 0 radical (unpaired) electrons. The van der Waals surface area contributed by atoms with Crippen LogP contribution in [0.25, 0.3) is 0 Å². The number of nitrogens with one attached hydrogen (secondary N) is 1. The first-order valence-corrected chi connectivity index (χ1v) is 10.1. The molecule has 1 aliphatic rings. The fraction of sp³-hybridized carbons (Fsp3) is 0.500. The Morgan fingerprint density at radius 3 is 2.96 bits per heavy atom. The van der Waals surface area contributed by atoms with Crippen molar-refractivity contribution < 1.29 is 9.53 Å². The predicted octanol–water partition coefficient (Wildman–Crippen LogP) is 3.29. The molecule has 6 nitrogen and oxygen atoms in total. The molecule has 2 aromatic heterocycles. The number of hydrogen-bond acceptors (Lipinski definition) is 5. The zero-order valence-corrected chi connectivity index (χ0v) is 16.9. The van der Waals surface area contributed by atoms with Gasteiger partial charge in [-0.3, -0.25) is 9.69 Å². The van der Waals surface area contributed by atoms with E-state index in [1.165, 1.54) is 5.56 Å². The van der Waals surface area contributed by atoms with Gasteiger partial charge in [-0.15, -0.1) is 0 Å². The third kappa shape index (κ3) is 4.59. The van der Waals surface area contributed by atoms with Crippen molar-refractivity contribution in [1.29, 1.82) is 5.26 Å². The summed E-state index contributed by atoms with van der Waals surface area (Å²) in [6.45, 7) is 6.35. The molecule has 2 aromatic rings. The molecular weight excluding hydrogens is 360 g/mol. The van der Waals surface area contributed by atoms with E-state index in [0.29, 0.717) is 17.9 Å². The van der Waals surface area contributed by atoms with E-state index in [2.05, 4.69) is 22.8 Å². The van der Waals surface area contributed by atoms with Crippen LogP contribution >= 0.6 is 11.3 Å². The second-order valence-electron chi connectivity index (χ2n) is 7.14. The highest BCUT2D eigenvalue weighted by Gasteiger charge is 2.24. The van der Waals surface area contributed by atoms with Crippen molar-refractivity contribution in [3.63, 3.8) is 0 Å². The molecule has 3 rings (SSSR count). The summed E-state index contributed by atoms with van der Waals surface area (Å²) in [5, 5.41) is 16.7. The van der Waals surface area contributed by atoms with Crippen LogP contribution in [-0.2, 0) is 22.6 Å². The van der Waals surface area contributed by atoms with Crippen LogP contribution in [0.5, 0.6) is 0 Å². The van der Waals surface area contributed by atoms with Crippen LogP contribution in [0.1, 0.15) is 35.2 Å². The first-order valence-electron chi connectivity index (χ1n) is 9.20. The standard InChI is InChI=1S/C20H26N4O2S/c1-14-15(2)24(11-17-5-4-7-26-17)20(18(14)9-21)22-19(25)12-23(3)10-16-6-8-27-13-16/h6,8,13,17H,4-5,7,10-12H2,1-3H3,(H,22,25)/t17-/m1/s1. The van der Waals surface area contributed by atoms with Gasteiger partial charge < -0.3 is 14.6 Å². The minimum atomic E-state index is -0.115. The van der Waals surface area contributed by atoms with E-state index < -0.39 is 0 Å². The highest BCUT2D eigenvalue weighted by atomic mass is 32.1. The lowest BCUT2D eigenvalue weighted by Gasteiger charge is -2.19. The average molecular weight is 387 g/mol. The lowest BCUT2D eigenvalue weighted by Crippen LogP contribution is -2.31. The Kier molecular flexibility index (Phi) is 6.32. The lowest BCUT2D eigenvalue weighted by molar-refractivity contribution is -0.117.